The van der Waals surface area contributed by atoms with Crippen LogP contribution in [0.3, 0.4) is 0 Å². The molecule has 0 radical (unpaired) electrons. The first-order chi connectivity index (χ1) is 9.17. The highest BCUT2D eigenvalue weighted by molar-refractivity contribution is 5.64. The maximum absolute atomic E-state index is 8.83. The zero-order chi connectivity index (χ0) is 13.4. The average molecular weight is 256 g/mol. The number of rotatable bonds is 3. The predicted octanol–water partition coefficient (Wildman–Crippen LogP) is 2.41. The van der Waals surface area contributed by atoms with E-state index in [0.29, 0.717) is 11.3 Å². The van der Waals surface area contributed by atoms with Gasteiger partial charge in [0.25, 0.3) is 0 Å². The van der Waals surface area contributed by atoms with Crippen LogP contribution >= 0.6 is 0 Å². The van der Waals surface area contributed by atoms with E-state index < -0.39 is 0 Å². The largest absolute Gasteiger partial charge is 0.396 e. The Hall–Kier alpha value is -1.76. The second-order valence-corrected chi connectivity index (χ2v) is 6.06. The van der Waals surface area contributed by atoms with Crippen LogP contribution in [0.1, 0.15) is 31.2 Å². The molecule has 0 aliphatic heterocycles. The zero-order valence-corrected chi connectivity index (χ0v) is 11.3. The van der Waals surface area contributed by atoms with E-state index in [1.807, 2.05) is 0 Å². The molecule has 19 heavy (non-hydrogen) atoms. The van der Waals surface area contributed by atoms with E-state index in [0.717, 1.165) is 30.1 Å². The smallest absolute Gasteiger partial charge is 0.151 e. The number of aromatic nitrogens is 1. The maximum Gasteiger partial charge on any atom is 0.151 e. The van der Waals surface area contributed by atoms with Crippen molar-refractivity contribution in [1.82, 2.24) is 4.98 Å². The fraction of sp³-hybridized carbons (Fsp3) is 0.600. The Kier molecular flexibility index (Phi) is 3.06. The lowest BCUT2D eigenvalue weighted by Gasteiger charge is -2.28. The van der Waals surface area contributed by atoms with Crippen LogP contribution in [0, 0.1) is 29.1 Å². The minimum absolute atomic E-state index is 0.523. The summed E-state index contributed by atoms with van der Waals surface area (Å²) in [7, 11) is 2.05. The normalized spacial score (nSPS) is 28.3. The van der Waals surface area contributed by atoms with Gasteiger partial charge in [-0.2, -0.15) is 5.26 Å². The second-order valence-electron chi connectivity index (χ2n) is 6.06. The van der Waals surface area contributed by atoms with Crippen molar-refractivity contribution in [2.45, 2.75) is 25.7 Å². The molecule has 2 bridgehead atoms. The standard InChI is InChI=1S/C15H20N4/c1-19(9-13-5-10-2-3-12(13)4-10)15-14(17)6-11(7-16)8-18-15/h6,8,10,12-13H,2-5,9,17H2,1H3. The molecule has 0 aromatic carbocycles. The third kappa shape index (κ3) is 2.25. The molecule has 2 fully saturated rings. The summed E-state index contributed by atoms with van der Waals surface area (Å²) in [5, 5.41) is 8.83. The Morgan fingerprint density at radius 3 is 2.89 bits per heavy atom. The molecule has 1 aromatic rings. The van der Waals surface area contributed by atoms with E-state index in [2.05, 4.69) is 23.0 Å². The molecule has 2 N–H and O–H groups in total. The molecule has 0 amide bonds. The summed E-state index contributed by atoms with van der Waals surface area (Å²) in [6.45, 7) is 1.03. The number of anilines is 2. The minimum Gasteiger partial charge on any atom is -0.396 e. The number of hydrogen-bond acceptors (Lipinski definition) is 4. The topological polar surface area (TPSA) is 65.9 Å². The van der Waals surface area contributed by atoms with Crippen LogP contribution in [0.15, 0.2) is 12.3 Å². The van der Waals surface area contributed by atoms with Crippen LogP contribution in [0.4, 0.5) is 11.5 Å². The Morgan fingerprint density at radius 1 is 1.47 bits per heavy atom. The van der Waals surface area contributed by atoms with E-state index in [1.165, 1.54) is 25.7 Å². The van der Waals surface area contributed by atoms with E-state index in [4.69, 9.17) is 11.0 Å². The third-order valence-corrected chi connectivity index (χ3v) is 4.78. The lowest BCUT2D eigenvalue weighted by molar-refractivity contribution is 0.337. The predicted molar refractivity (Wildman–Crippen MR) is 75.6 cm³/mol. The summed E-state index contributed by atoms with van der Waals surface area (Å²) in [6.07, 6.45) is 7.23. The molecule has 2 aliphatic carbocycles. The average Bonchev–Trinajstić information content (AvgIpc) is 3.00. The summed E-state index contributed by atoms with van der Waals surface area (Å²) in [6, 6.07) is 3.78. The van der Waals surface area contributed by atoms with Crippen molar-refractivity contribution in [3.63, 3.8) is 0 Å². The highest BCUT2D eigenvalue weighted by Gasteiger charge is 2.39. The van der Waals surface area contributed by atoms with Crippen molar-refractivity contribution >= 4 is 11.5 Å². The van der Waals surface area contributed by atoms with Gasteiger partial charge in [-0.25, -0.2) is 4.98 Å². The molecule has 2 saturated carbocycles. The molecule has 1 aromatic heterocycles. The second kappa shape index (κ2) is 4.73. The highest BCUT2D eigenvalue weighted by atomic mass is 15.2. The molecule has 3 rings (SSSR count). The van der Waals surface area contributed by atoms with Crippen molar-refractivity contribution in [2.75, 3.05) is 24.2 Å². The number of hydrogen-bond donors (Lipinski definition) is 1. The fourth-order valence-electron chi connectivity index (χ4n) is 3.89. The molecule has 1 heterocycles. The van der Waals surface area contributed by atoms with Crippen molar-refractivity contribution in [3.8, 4) is 6.07 Å². The van der Waals surface area contributed by atoms with Crippen molar-refractivity contribution in [1.29, 1.82) is 5.26 Å². The van der Waals surface area contributed by atoms with Crippen LogP contribution in [0.2, 0.25) is 0 Å². The Morgan fingerprint density at radius 2 is 2.32 bits per heavy atom. The first kappa shape index (κ1) is 12.3. The summed E-state index contributed by atoms with van der Waals surface area (Å²) >= 11 is 0. The molecule has 4 nitrogen and oxygen atoms in total. The maximum atomic E-state index is 8.83. The number of fused-ring (bicyclic) bond motifs is 2. The molecule has 3 unspecified atom stereocenters. The molecular formula is C15H20N4. The monoisotopic (exact) mass is 256 g/mol. The SMILES string of the molecule is CN(CC1CC2CCC1C2)c1ncc(C#N)cc1N. The first-order valence-electron chi connectivity index (χ1n) is 7.04. The number of pyridine rings is 1. The molecule has 2 aliphatic rings. The van der Waals surface area contributed by atoms with Gasteiger partial charge in [0.15, 0.2) is 5.82 Å². The van der Waals surface area contributed by atoms with Crippen molar-refractivity contribution in [2.24, 2.45) is 17.8 Å². The zero-order valence-electron chi connectivity index (χ0n) is 11.3. The molecular weight excluding hydrogens is 236 g/mol. The molecule has 4 heteroatoms. The summed E-state index contributed by atoms with van der Waals surface area (Å²) < 4.78 is 0. The summed E-state index contributed by atoms with van der Waals surface area (Å²) in [5.74, 6) is 3.48. The van der Waals surface area contributed by atoms with Gasteiger partial charge in [-0.1, -0.05) is 6.42 Å². The summed E-state index contributed by atoms with van der Waals surface area (Å²) in [4.78, 5) is 6.49. The quantitative estimate of drug-likeness (QED) is 0.902. The van der Waals surface area contributed by atoms with E-state index in [-0.39, 0.29) is 0 Å². The van der Waals surface area contributed by atoms with Crippen molar-refractivity contribution in [3.05, 3.63) is 17.8 Å². The Labute approximate surface area is 114 Å². The first-order valence-corrected chi connectivity index (χ1v) is 7.04. The van der Waals surface area contributed by atoms with Gasteiger partial charge in [-0.3, -0.25) is 0 Å². The third-order valence-electron chi connectivity index (χ3n) is 4.78. The lowest BCUT2D eigenvalue weighted by Crippen LogP contribution is -2.29. The van der Waals surface area contributed by atoms with E-state index >= 15 is 0 Å². The molecule has 0 spiro atoms. The minimum atomic E-state index is 0.523. The van der Waals surface area contributed by atoms with Crippen LogP contribution in [-0.4, -0.2) is 18.6 Å². The van der Waals surface area contributed by atoms with Gasteiger partial charge in [0, 0.05) is 19.8 Å². The van der Waals surface area contributed by atoms with Crippen LogP contribution in [-0.2, 0) is 0 Å². The number of nitrogens with zero attached hydrogens (tertiary/aromatic N) is 3. The number of nitrogen functional groups attached to an aromatic ring is 1. The van der Waals surface area contributed by atoms with Crippen LogP contribution < -0.4 is 10.6 Å². The highest BCUT2D eigenvalue weighted by Crippen LogP contribution is 2.48. The van der Waals surface area contributed by atoms with Gasteiger partial charge < -0.3 is 10.6 Å². The van der Waals surface area contributed by atoms with Crippen molar-refractivity contribution < 1.29 is 0 Å². The van der Waals surface area contributed by atoms with Crippen LogP contribution in [0.5, 0.6) is 0 Å². The van der Waals surface area contributed by atoms with Gasteiger partial charge >= 0.3 is 0 Å². The van der Waals surface area contributed by atoms with Gasteiger partial charge in [-0.05, 0) is 43.1 Å². The lowest BCUT2D eigenvalue weighted by atomic mass is 9.88. The molecule has 0 saturated heterocycles. The summed E-state index contributed by atoms with van der Waals surface area (Å²) in [5.41, 5.74) is 7.12. The van der Waals surface area contributed by atoms with Gasteiger partial charge in [0.05, 0.1) is 11.3 Å². The number of nitrogens with two attached hydrogens (primary N) is 1. The number of nitriles is 1. The fourth-order valence-corrected chi connectivity index (χ4v) is 3.89. The van der Waals surface area contributed by atoms with Gasteiger partial charge in [0.2, 0.25) is 0 Å². The van der Waals surface area contributed by atoms with Gasteiger partial charge in [0.1, 0.15) is 6.07 Å². The van der Waals surface area contributed by atoms with Gasteiger partial charge in [-0.15, -0.1) is 0 Å². The van der Waals surface area contributed by atoms with E-state index in [1.54, 1.807) is 12.3 Å². The van der Waals surface area contributed by atoms with Crippen LogP contribution in [0.25, 0.3) is 0 Å². The molecule has 3 atom stereocenters. The Bertz CT molecular complexity index is 519. The molecule has 100 valence electrons. The van der Waals surface area contributed by atoms with E-state index in [9.17, 15) is 0 Å². The Balaban J connectivity index is 1.70.